The maximum Gasteiger partial charge on any atom is 0.573 e. The van der Waals surface area contributed by atoms with Gasteiger partial charge in [-0.15, -0.1) is 13.2 Å². The Kier molecular flexibility index (Phi) is 9.95. The highest BCUT2D eigenvalue weighted by Gasteiger charge is 2.41. The lowest BCUT2D eigenvalue weighted by Crippen LogP contribution is -2.58. The van der Waals surface area contributed by atoms with Crippen LogP contribution in [0.15, 0.2) is 78.1 Å². The number of pyridine rings is 1. The van der Waals surface area contributed by atoms with Crippen LogP contribution in [0, 0.1) is 0 Å². The van der Waals surface area contributed by atoms with Crippen molar-refractivity contribution in [1.29, 1.82) is 0 Å². The summed E-state index contributed by atoms with van der Waals surface area (Å²) in [4.78, 5) is 25.8. The molecule has 1 aliphatic rings. The third-order valence-electron chi connectivity index (χ3n) is 6.99. The van der Waals surface area contributed by atoms with E-state index in [4.69, 9.17) is 5.73 Å². The van der Waals surface area contributed by atoms with Crippen molar-refractivity contribution < 1.29 is 36.2 Å². The third-order valence-corrected chi connectivity index (χ3v) is 8.91. The highest BCUT2D eigenvalue weighted by Crippen LogP contribution is 2.28. The number of nitrogens with zero attached hydrogens (tertiary/aromatic N) is 5. The summed E-state index contributed by atoms with van der Waals surface area (Å²) in [5.74, 6) is -1.59. The molecule has 4 aromatic rings. The van der Waals surface area contributed by atoms with Crippen molar-refractivity contribution in [1.82, 2.24) is 19.3 Å². The van der Waals surface area contributed by atoms with Gasteiger partial charge in [-0.05, 0) is 46.9 Å². The fourth-order valence-corrected chi connectivity index (χ4v) is 6.12. The third kappa shape index (κ3) is 8.44. The van der Waals surface area contributed by atoms with Crippen LogP contribution in [0.5, 0.6) is 5.75 Å². The van der Waals surface area contributed by atoms with Crippen molar-refractivity contribution in [2.45, 2.75) is 50.0 Å². The van der Waals surface area contributed by atoms with Gasteiger partial charge in [-0.2, -0.15) is 4.31 Å². The molecule has 0 amide bonds. The number of alkyl halides is 3. The van der Waals surface area contributed by atoms with Crippen molar-refractivity contribution >= 4 is 32.8 Å². The fraction of sp³-hybridized carbons (Fsp3) is 0.333. The Labute approximate surface area is 258 Å². The number of hydrogen-bond donors (Lipinski definition) is 2. The maximum absolute atomic E-state index is 13.1. The van der Waals surface area contributed by atoms with Crippen LogP contribution < -0.4 is 15.4 Å². The number of aromatic nitrogens is 3. The van der Waals surface area contributed by atoms with Crippen LogP contribution in [0.1, 0.15) is 31.9 Å². The number of ether oxygens (including phenoxy) is 1. The van der Waals surface area contributed by atoms with E-state index in [1.165, 1.54) is 29.7 Å². The number of nitrogens with two attached hydrogens (primary N) is 1. The molecule has 2 aromatic heterocycles. The minimum atomic E-state index is -4.92. The van der Waals surface area contributed by atoms with Crippen LogP contribution in [0.4, 0.5) is 19.0 Å². The van der Waals surface area contributed by atoms with E-state index in [0.29, 0.717) is 23.4 Å². The number of piperazine rings is 1. The summed E-state index contributed by atoms with van der Waals surface area (Å²) < 4.78 is 67.7. The van der Waals surface area contributed by atoms with Gasteiger partial charge in [-0.25, -0.2) is 18.4 Å². The number of fused-ring (bicyclic) bond motifs is 1. The monoisotopic (exact) mass is 646 g/mol. The summed E-state index contributed by atoms with van der Waals surface area (Å²) >= 11 is 0. The number of halogens is 3. The highest BCUT2D eigenvalue weighted by molar-refractivity contribution is 7.89. The molecule has 0 bridgehead atoms. The molecule has 1 atom stereocenters. The molecule has 1 fully saturated rings. The van der Waals surface area contributed by atoms with Crippen LogP contribution in [0.3, 0.4) is 0 Å². The first-order valence-corrected chi connectivity index (χ1v) is 15.2. The summed E-state index contributed by atoms with van der Waals surface area (Å²) in [5.41, 5.74) is 9.41. The van der Waals surface area contributed by atoms with E-state index in [2.05, 4.69) is 64.7 Å². The fourth-order valence-electron chi connectivity index (χ4n) is 4.56. The summed E-state index contributed by atoms with van der Waals surface area (Å²) in [6.07, 6.45) is -0.405. The number of carbonyl (C=O) groups is 1. The quantitative estimate of drug-likeness (QED) is 0.310. The number of aliphatic carboxylic acids is 1. The van der Waals surface area contributed by atoms with Gasteiger partial charge in [0.25, 0.3) is 0 Å². The van der Waals surface area contributed by atoms with E-state index in [0.717, 1.165) is 28.6 Å². The smallest absolute Gasteiger partial charge is 0.480 e. The molecule has 3 heterocycles. The van der Waals surface area contributed by atoms with E-state index in [1.54, 1.807) is 11.0 Å². The standard InChI is InChI=1S/C19H16F3N5O5S.C11H17N/c20-19(21,22)32-12-1-3-13(4-2-12)33(30,31)27-8-7-26(11-16(27)18(28)29)17-10-24-15-9-23-6-5-14(15)25-17;1-11(2,3)10-6-4-9(8-12)5-7-10/h1-6,9-10,16H,7-8,11H2,(H,28,29);4-7H,8,12H2,1-3H3/t16-;/m1./s1. The zero-order valence-corrected chi connectivity index (χ0v) is 25.6. The molecule has 11 nitrogen and oxygen atoms in total. The topological polar surface area (TPSA) is 152 Å². The van der Waals surface area contributed by atoms with Gasteiger partial charge in [-0.3, -0.25) is 9.78 Å². The average Bonchev–Trinajstić information content (AvgIpc) is 3.00. The van der Waals surface area contributed by atoms with Gasteiger partial charge in [0.1, 0.15) is 23.1 Å². The lowest BCUT2D eigenvalue weighted by atomic mass is 9.87. The zero-order chi connectivity index (χ0) is 33.0. The predicted octanol–water partition coefficient (Wildman–Crippen LogP) is 4.33. The number of hydrogen-bond acceptors (Lipinski definition) is 9. The molecule has 2 aromatic carbocycles. The molecule has 3 N–H and O–H groups in total. The summed E-state index contributed by atoms with van der Waals surface area (Å²) in [6, 6.07) is 12.3. The SMILES string of the molecule is CC(C)(C)c1ccc(CN)cc1.O=C(O)[C@H]1CN(c2cnc3cnccc3n2)CCN1S(=O)(=O)c1ccc(OC(F)(F)F)cc1. The average molecular weight is 647 g/mol. The van der Waals surface area contributed by atoms with Gasteiger partial charge in [0.05, 0.1) is 22.8 Å². The van der Waals surface area contributed by atoms with E-state index in [9.17, 15) is 31.5 Å². The summed E-state index contributed by atoms with van der Waals surface area (Å²) in [6.45, 7) is 7.01. The van der Waals surface area contributed by atoms with Gasteiger partial charge < -0.3 is 20.5 Å². The molecule has 1 saturated heterocycles. The predicted molar refractivity (Wildman–Crippen MR) is 161 cm³/mol. The molecule has 240 valence electrons. The second-order valence-corrected chi connectivity index (χ2v) is 13.1. The van der Waals surface area contributed by atoms with E-state index >= 15 is 0 Å². The second kappa shape index (κ2) is 13.3. The van der Waals surface area contributed by atoms with Crippen molar-refractivity contribution in [3.8, 4) is 5.75 Å². The lowest BCUT2D eigenvalue weighted by Gasteiger charge is -2.38. The number of sulfonamides is 1. The van der Waals surface area contributed by atoms with Crippen molar-refractivity contribution in [3.05, 3.63) is 84.3 Å². The van der Waals surface area contributed by atoms with Gasteiger partial charge in [0.2, 0.25) is 10.0 Å². The molecule has 0 spiro atoms. The Morgan fingerprint density at radius 1 is 1.00 bits per heavy atom. The minimum Gasteiger partial charge on any atom is -0.480 e. The summed E-state index contributed by atoms with van der Waals surface area (Å²) in [5, 5.41) is 9.70. The van der Waals surface area contributed by atoms with Crippen molar-refractivity contribution in [2.24, 2.45) is 5.73 Å². The molecule has 5 rings (SSSR count). The second-order valence-electron chi connectivity index (χ2n) is 11.2. The first kappa shape index (κ1) is 33.6. The number of rotatable bonds is 6. The minimum absolute atomic E-state index is 0.129. The van der Waals surface area contributed by atoms with Crippen LogP contribution in [0.2, 0.25) is 0 Å². The first-order valence-electron chi connectivity index (χ1n) is 13.8. The first-order chi connectivity index (χ1) is 21.1. The van der Waals surface area contributed by atoms with Crippen LogP contribution >= 0.6 is 0 Å². The normalized spacial score (nSPS) is 16.2. The van der Waals surface area contributed by atoms with Gasteiger partial charge in [0, 0.05) is 32.4 Å². The van der Waals surface area contributed by atoms with E-state index < -0.39 is 34.1 Å². The Bertz CT molecular complexity index is 1730. The Morgan fingerprint density at radius 3 is 2.24 bits per heavy atom. The number of carboxylic acid groups (broad SMARTS) is 1. The molecule has 15 heteroatoms. The Morgan fingerprint density at radius 2 is 1.67 bits per heavy atom. The van der Waals surface area contributed by atoms with Crippen LogP contribution in [-0.2, 0) is 26.8 Å². The molecule has 0 aliphatic carbocycles. The molecule has 45 heavy (non-hydrogen) atoms. The van der Waals surface area contributed by atoms with E-state index in [1.807, 2.05) is 0 Å². The maximum atomic E-state index is 13.1. The van der Waals surface area contributed by atoms with Gasteiger partial charge in [0.15, 0.2) is 0 Å². The Hall–Kier alpha value is -4.34. The molecule has 0 unspecified atom stereocenters. The number of anilines is 1. The van der Waals surface area contributed by atoms with Crippen molar-refractivity contribution in [2.75, 3.05) is 24.5 Å². The molecule has 0 saturated carbocycles. The van der Waals surface area contributed by atoms with Crippen LogP contribution in [0.25, 0.3) is 11.0 Å². The Balaban J connectivity index is 0.000000323. The van der Waals surface area contributed by atoms with Gasteiger partial charge in [-0.1, -0.05) is 45.0 Å². The van der Waals surface area contributed by atoms with Crippen LogP contribution in [-0.4, -0.2) is 70.8 Å². The molecular formula is C30H33F3N6O5S. The summed E-state index contributed by atoms with van der Waals surface area (Å²) in [7, 11) is -4.31. The molecule has 1 aliphatic heterocycles. The lowest BCUT2D eigenvalue weighted by molar-refractivity contribution is -0.274. The van der Waals surface area contributed by atoms with Gasteiger partial charge >= 0.3 is 12.3 Å². The van der Waals surface area contributed by atoms with E-state index in [-0.39, 0.29) is 29.9 Å². The molecular weight excluding hydrogens is 613 g/mol. The molecule has 0 radical (unpaired) electrons. The van der Waals surface area contributed by atoms with Crippen molar-refractivity contribution in [3.63, 3.8) is 0 Å². The number of carboxylic acids is 1. The zero-order valence-electron chi connectivity index (χ0n) is 24.8. The number of benzene rings is 2. The largest absolute Gasteiger partial charge is 0.573 e. The highest BCUT2D eigenvalue weighted by atomic mass is 32.2.